The van der Waals surface area contributed by atoms with E-state index in [0.717, 1.165) is 17.1 Å². The Bertz CT molecular complexity index is 3490. The molecule has 0 aliphatic heterocycles. The molecule has 0 saturated carbocycles. The summed E-state index contributed by atoms with van der Waals surface area (Å²) >= 11 is 1.87. The molecule has 0 radical (unpaired) electrons. The Morgan fingerprint density at radius 3 is 1.65 bits per heavy atom. The first-order valence-corrected chi connectivity index (χ1v) is 22.2. The maximum Gasteiger partial charge on any atom is 0.0540 e. The number of rotatable bonds is 7. The fourth-order valence-electron chi connectivity index (χ4n) is 10.3. The van der Waals surface area contributed by atoms with Gasteiger partial charge in [-0.3, -0.25) is 0 Å². The van der Waals surface area contributed by atoms with Gasteiger partial charge in [-0.1, -0.05) is 194 Å². The lowest BCUT2D eigenvalue weighted by molar-refractivity contribution is 0.714. The van der Waals surface area contributed by atoms with Crippen molar-refractivity contribution in [2.75, 3.05) is 4.90 Å². The van der Waals surface area contributed by atoms with Crippen LogP contribution in [0.15, 0.2) is 231 Å². The van der Waals surface area contributed by atoms with Crippen LogP contribution in [-0.2, 0) is 5.41 Å². The highest BCUT2D eigenvalue weighted by Crippen LogP contribution is 2.55. The summed E-state index contributed by atoms with van der Waals surface area (Å²) in [6.45, 7) is 2.41. The Balaban J connectivity index is 1.16. The van der Waals surface area contributed by atoms with Crippen LogP contribution in [0.5, 0.6) is 0 Å². The smallest absolute Gasteiger partial charge is 0.0540 e. The lowest BCUT2D eigenvalue weighted by Crippen LogP contribution is -2.23. The Labute approximate surface area is 366 Å². The van der Waals surface area contributed by atoms with E-state index < -0.39 is 0 Å². The van der Waals surface area contributed by atoms with Gasteiger partial charge in [-0.15, -0.1) is 11.3 Å². The summed E-state index contributed by atoms with van der Waals surface area (Å²) in [5.41, 5.74) is 16.8. The van der Waals surface area contributed by atoms with E-state index in [0.29, 0.717) is 0 Å². The first-order chi connectivity index (χ1) is 30.7. The molecular weight excluding hydrogens is 767 g/mol. The minimum absolute atomic E-state index is 0.352. The van der Waals surface area contributed by atoms with Crippen LogP contribution in [-0.4, -0.2) is 0 Å². The van der Waals surface area contributed by atoms with Gasteiger partial charge in [0, 0.05) is 42.4 Å². The summed E-state index contributed by atoms with van der Waals surface area (Å²) in [6.07, 6.45) is 0. The molecule has 1 nitrogen and oxygen atoms in total. The summed E-state index contributed by atoms with van der Waals surface area (Å²) in [5, 5.41) is 5.06. The van der Waals surface area contributed by atoms with Crippen molar-refractivity contribution < 1.29 is 0 Å². The van der Waals surface area contributed by atoms with Gasteiger partial charge in [0.2, 0.25) is 0 Å². The molecule has 1 unspecified atom stereocenters. The van der Waals surface area contributed by atoms with Crippen molar-refractivity contribution in [2.24, 2.45) is 0 Å². The molecule has 0 amide bonds. The Morgan fingerprint density at radius 1 is 0.371 bits per heavy atom. The van der Waals surface area contributed by atoms with Crippen LogP contribution in [0.4, 0.5) is 17.1 Å². The van der Waals surface area contributed by atoms with E-state index in [1.165, 1.54) is 92.1 Å². The summed E-state index contributed by atoms with van der Waals surface area (Å²) in [4.78, 5) is 2.54. The second-order valence-corrected chi connectivity index (χ2v) is 17.6. The monoisotopic (exact) mass is 807 g/mol. The van der Waals surface area contributed by atoms with Crippen molar-refractivity contribution in [1.82, 2.24) is 0 Å². The van der Waals surface area contributed by atoms with Crippen LogP contribution in [0.25, 0.3) is 75.5 Å². The number of thiophene rings is 1. The zero-order valence-electron chi connectivity index (χ0n) is 34.3. The number of hydrogen-bond donors (Lipinski definition) is 0. The molecule has 11 aromatic rings. The predicted octanol–water partition coefficient (Wildman–Crippen LogP) is 17.0. The van der Waals surface area contributed by atoms with Crippen LogP contribution in [0.1, 0.15) is 23.6 Å². The normalized spacial score (nSPS) is 14.3. The Morgan fingerprint density at radius 2 is 0.903 bits per heavy atom. The molecule has 62 heavy (non-hydrogen) atoms. The van der Waals surface area contributed by atoms with Crippen LogP contribution < -0.4 is 4.90 Å². The Hall–Kier alpha value is -7.52. The molecule has 0 N–H and O–H groups in total. The maximum absolute atomic E-state index is 2.54. The SMILES string of the molecule is CC1(c2ccccc2)c2ccccc2-c2ccc(N(c3ccccc3-c3cccc4cccc(-c5ccccc5)c34)c3ccccc3-c3cccc4sc5ccccc5c34)cc21. The highest BCUT2D eigenvalue weighted by molar-refractivity contribution is 7.25. The molecule has 10 aromatic carbocycles. The molecule has 12 rings (SSSR count). The van der Waals surface area contributed by atoms with Crippen LogP contribution in [0, 0.1) is 0 Å². The van der Waals surface area contributed by atoms with Gasteiger partial charge < -0.3 is 4.90 Å². The van der Waals surface area contributed by atoms with Gasteiger partial charge in [-0.2, -0.15) is 0 Å². The highest BCUT2D eigenvalue weighted by atomic mass is 32.1. The van der Waals surface area contributed by atoms with Gasteiger partial charge >= 0.3 is 0 Å². The van der Waals surface area contributed by atoms with E-state index in [9.17, 15) is 0 Å². The number of nitrogens with zero attached hydrogens (tertiary/aromatic N) is 1. The van der Waals surface area contributed by atoms with Crippen molar-refractivity contribution in [3.05, 3.63) is 247 Å². The van der Waals surface area contributed by atoms with E-state index in [1.807, 2.05) is 11.3 Å². The zero-order chi connectivity index (χ0) is 41.2. The topological polar surface area (TPSA) is 3.24 Å². The molecule has 0 saturated heterocycles. The van der Waals surface area contributed by atoms with E-state index in [2.05, 4.69) is 242 Å². The third-order valence-electron chi connectivity index (χ3n) is 13.2. The van der Waals surface area contributed by atoms with E-state index >= 15 is 0 Å². The number of benzene rings is 10. The van der Waals surface area contributed by atoms with E-state index in [-0.39, 0.29) is 5.41 Å². The van der Waals surface area contributed by atoms with Crippen LogP contribution >= 0.6 is 11.3 Å². The molecular formula is C60H41NS. The fourth-order valence-corrected chi connectivity index (χ4v) is 11.5. The maximum atomic E-state index is 2.54. The van der Waals surface area contributed by atoms with Crippen molar-refractivity contribution in [3.8, 4) is 44.5 Å². The van der Waals surface area contributed by atoms with Crippen LogP contribution in [0.3, 0.4) is 0 Å². The van der Waals surface area contributed by atoms with Gasteiger partial charge in [-0.25, -0.2) is 0 Å². The number of hydrogen-bond acceptors (Lipinski definition) is 2. The molecule has 1 aliphatic rings. The molecule has 0 fully saturated rings. The van der Waals surface area contributed by atoms with Gasteiger partial charge in [0.25, 0.3) is 0 Å². The third kappa shape index (κ3) is 5.61. The van der Waals surface area contributed by atoms with Gasteiger partial charge in [0.15, 0.2) is 0 Å². The second kappa shape index (κ2) is 14.6. The lowest BCUT2D eigenvalue weighted by Gasteiger charge is -2.33. The van der Waals surface area contributed by atoms with Gasteiger partial charge in [-0.05, 0) is 104 Å². The summed E-state index contributed by atoms with van der Waals surface area (Å²) < 4.78 is 2.60. The summed E-state index contributed by atoms with van der Waals surface area (Å²) in [5.74, 6) is 0. The average molecular weight is 808 g/mol. The van der Waals surface area contributed by atoms with Crippen molar-refractivity contribution in [2.45, 2.75) is 12.3 Å². The minimum atomic E-state index is -0.352. The van der Waals surface area contributed by atoms with Gasteiger partial charge in [0.1, 0.15) is 0 Å². The van der Waals surface area contributed by atoms with Crippen molar-refractivity contribution in [3.63, 3.8) is 0 Å². The molecule has 0 spiro atoms. The molecule has 1 aliphatic carbocycles. The number of anilines is 3. The molecule has 1 aromatic heterocycles. The standard InChI is InChI=1S/C60H41NS/c1-60(42-23-6-3-7-24-42)52-32-12-8-25-45(52)46-38-37-43(39-53(46)60)61(55-34-14-10-27-48(55)50-31-18-36-57-59(50)51-28-11-15-35-56(51)62-57)54-33-13-9-26-47(54)49-30-17-22-41-21-16-29-44(58(41)49)40-19-4-2-5-20-40/h2-39H,1H3. The minimum Gasteiger partial charge on any atom is -0.309 e. The first kappa shape index (κ1) is 36.3. The second-order valence-electron chi connectivity index (χ2n) is 16.5. The van der Waals surface area contributed by atoms with Crippen LogP contribution in [0.2, 0.25) is 0 Å². The lowest BCUT2D eigenvalue weighted by atomic mass is 9.74. The first-order valence-electron chi connectivity index (χ1n) is 21.4. The predicted molar refractivity (Wildman–Crippen MR) is 265 cm³/mol. The number of para-hydroxylation sites is 2. The van der Waals surface area contributed by atoms with E-state index in [1.54, 1.807) is 0 Å². The molecule has 2 heteroatoms. The molecule has 1 heterocycles. The molecule has 292 valence electrons. The number of fused-ring (bicyclic) bond motifs is 7. The summed E-state index contributed by atoms with van der Waals surface area (Å²) in [6, 6.07) is 85.2. The van der Waals surface area contributed by atoms with E-state index in [4.69, 9.17) is 0 Å². The van der Waals surface area contributed by atoms with Crippen molar-refractivity contribution in [1.29, 1.82) is 0 Å². The average Bonchev–Trinajstić information content (AvgIpc) is 3.85. The third-order valence-corrected chi connectivity index (χ3v) is 14.3. The quantitative estimate of drug-likeness (QED) is 0.155. The Kier molecular flexibility index (Phi) is 8.55. The fraction of sp³-hybridized carbons (Fsp3) is 0.0333. The van der Waals surface area contributed by atoms with Crippen molar-refractivity contribution >= 4 is 59.3 Å². The highest BCUT2D eigenvalue weighted by Gasteiger charge is 2.41. The van der Waals surface area contributed by atoms with Gasteiger partial charge in [0.05, 0.1) is 11.4 Å². The summed E-state index contributed by atoms with van der Waals surface area (Å²) in [7, 11) is 0. The molecule has 1 atom stereocenters. The molecule has 0 bridgehead atoms. The largest absolute Gasteiger partial charge is 0.309 e. The zero-order valence-corrected chi connectivity index (χ0v) is 35.1.